The van der Waals surface area contributed by atoms with Crippen LogP contribution in [0.2, 0.25) is 0 Å². The molecule has 1 aromatic rings. The van der Waals surface area contributed by atoms with Gasteiger partial charge in [-0.1, -0.05) is 25.3 Å². The molecule has 20 heavy (non-hydrogen) atoms. The molecule has 1 aliphatic carbocycles. The molecule has 0 aromatic heterocycles. The Morgan fingerprint density at radius 2 is 2.05 bits per heavy atom. The largest absolute Gasteiger partial charge is 0.395 e. The maximum atomic E-state index is 11.3. The number of aliphatic hydroxyl groups excluding tert-OH is 1. The van der Waals surface area contributed by atoms with E-state index in [4.69, 9.17) is 0 Å². The van der Waals surface area contributed by atoms with Crippen LogP contribution in [0.25, 0.3) is 0 Å². The third kappa shape index (κ3) is 3.28. The summed E-state index contributed by atoms with van der Waals surface area (Å²) >= 11 is 0. The molecule has 2 rings (SSSR count). The van der Waals surface area contributed by atoms with E-state index < -0.39 is 0 Å². The molecule has 1 aromatic carbocycles. The van der Waals surface area contributed by atoms with Crippen molar-refractivity contribution in [2.45, 2.75) is 45.1 Å². The van der Waals surface area contributed by atoms with Gasteiger partial charge in [-0.25, -0.2) is 0 Å². The minimum absolute atomic E-state index is 0.0154. The van der Waals surface area contributed by atoms with Gasteiger partial charge in [0.05, 0.1) is 11.5 Å². The molecule has 1 aliphatic rings. The first-order valence-electron chi connectivity index (χ1n) is 7.26. The average molecular weight is 278 g/mol. The highest BCUT2D eigenvalue weighted by Gasteiger charge is 2.26. The van der Waals surface area contributed by atoms with Crippen LogP contribution >= 0.6 is 0 Å². The molecule has 110 valence electrons. The summed E-state index contributed by atoms with van der Waals surface area (Å²) < 4.78 is 0. The van der Waals surface area contributed by atoms with Crippen LogP contribution in [0.3, 0.4) is 0 Å². The molecular formula is C15H22N2O3. The predicted molar refractivity (Wildman–Crippen MR) is 79.1 cm³/mol. The summed E-state index contributed by atoms with van der Waals surface area (Å²) in [6, 6.07) is 5.63. The zero-order valence-electron chi connectivity index (χ0n) is 11.9. The van der Waals surface area contributed by atoms with E-state index in [1.54, 1.807) is 6.07 Å². The van der Waals surface area contributed by atoms with Gasteiger partial charge in [-0.15, -0.1) is 0 Å². The van der Waals surface area contributed by atoms with Crippen LogP contribution in [0.15, 0.2) is 18.2 Å². The molecule has 0 heterocycles. The number of nitro groups is 1. The van der Waals surface area contributed by atoms with E-state index in [0.717, 1.165) is 31.2 Å². The number of rotatable bonds is 5. The summed E-state index contributed by atoms with van der Waals surface area (Å²) in [5, 5.41) is 20.6. The smallest absolute Gasteiger partial charge is 0.292 e. The SMILES string of the molecule is Cc1ccc(N(CCO)C2CCCCC2)c([N+](=O)[O-])c1. The number of aryl methyl sites for hydroxylation is 1. The third-order valence-electron chi connectivity index (χ3n) is 3.99. The summed E-state index contributed by atoms with van der Waals surface area (Å²) in [6.07, 6.45) is 5.65. The second-order valence-corrected chi connectivity index (χ2v) is 5.46. The average Bonchev–Trinajstić information content (AvgIpc) is 2.46. The van der Waals surface area contributed by atoms with E-state index in [2.05, 4.69) is 0 Å². The normalized spacial score (nSPS) is 16.1. The third-order valence-corrected chi connectivity index (χ3v) is 3.99. The Balaban J connectivity index is 2.35. The Morgan fingerprint density at radius 1 is 1.35 bits per heavy atom. The summed E-state index contributed by atoms with van der Waals surface area (Å²) in [4.78, 5) is 13.0. The Morgan fingerprint density at radius 3 is 2.65 bits per heavy atom. The van der Waals surface area contributed by atoms with Gasteiger partial charge in [-0.3, -0.25) is 10.1 Å². The van der Waals surface area contributed by atoms with Crippen molar-refractivity contribution in [2.75, 3.05) is 18.1 Å². The first kappa shape index (κ1) is 14.8. The van der Waals surface area contributed by atoms with Crippen LogP contribution < -0.4 is 4.90 Å². The van der Waals surface area contributed by atoms with Gasteiger partial charge < -0.3 is 10.0 Å². The zero-order chi connectivity index (χ0) is 14.5. The lowest BCUT2D eigenvalue weighted by Crippen LogP contribution is -2.39. The van der Waals surface area contributed by atoms with Gasteiger partial charge in [0.2, 0.25) is 0 Å². The lowest BCUT2D eigenvalue weighted by atomic mass is 9.93. The standard InChI is InChI=1S/C15H22N2O3/c1-12-7-8-14(15(11-12)17(19)20)16(9-10-18)13-5-3-2-4-6-13/h7-8,11,13,18H,2-6,9-10H2,1H3. The molecule has 0 amide bonds. The molecule has 5 nitrogen and oxygen atoms in total. The van der Waals surface area contributed by atoms with Gasteiger partial charge in [0, 0.05) is 18.7 Å². The van der Waals surface area contributed by atoms with Crippen molar-refractivity contribution in [2.24, 2.45) is 0 Å². The highest BCUT2D eigenvalue weighted by atomic mass is 16.6. The molecule has 1 saturated carbocycles. The van der Waals surface area contributed by atoms with Gasteiger partial charge in [-0.05, 0) is 31.4 Å². The lowest BCUT2D eigenvalue weighted by molar-refractivity contribution is -0.384. The maximum absolute atomic E-state index is 11.3. The second-order valence-electron chi connectivity index (χ2n) is 5.46. The van der Waals surface area contributed by atoms with Crippen molar-refractivity contribution in [1.82, 2.24) is 0 Å². The lowest BCUT2D eigenvalue weighted by Gasteiger charge is -2.35. The molecule has 0 atom stereocenters. The highest BCUT2D eigenvalue weighted by molar-refractivity contribution is 5.65. The predicted octanol–water partition coefficient (Wildman–Crippen LogP) is 3.03. The van der Waals surface area contributed by atoms with Crippen molar-refractivity contribution in [3.05, 3.63) is 33.9 Å². The molecule has 0 bridgehead atoms. The highest BCUT2D eigenvalue weighted by Crippen LogP contribution is 2.34. The minimum atomic E-state index is -0.324. The van der Waals surface area contributed by atoms with Crippen LogP contribution in [0, 0.1) is 17.0 Å². The van der Waals surface area contributed by atoms with E-state index in [1.807, 2.05) is 24.0 Å². The van der Waals surface area contributed by atoms with Gasteiger partial charge in [0.1, 0.15) is 5.69 Å². The van der Waals surface area contributed by atoms with Crippen LogP contribution in [0.4, 0.5) is 11.4 Å². The number of hydrogen-bond donors (Lipinski definition) is 1. The number of benzene rings is 1. The van der Waals surface area contributed by atoms with E-state index in [0.29, 0.717) is 18.3 Å². The molecular weight excluding hydrogens is 256 g/mol. The zero-order valence-corrected chi connectivity index (χ0v) is 11.9. The van der Waals surface area contributed by atoms with Gasteiger partial charge in [-0.2, -0.15) is 0 Å². The van der Waals surface area contributed by atoms with E-state index in [9.17, 15) is 15.2 Å². The van der Waals surface area contributed by atoms with Crippen LogP contribution in [0.1, 0.15) is 37.7 Å². The van der Waals surface area contributed by atoms with Gasteiger partial charge in [0.15, 0.2) is 0 Å². The molecule has 0 aliphatic heterocycles. The summed E-state index contributed by atoms with van der Waals surface area (Å²) in [5.74, 6) is 0. The van der Waals surface area contributed by atoms with Crippen molar-refractivity contribution in [3.63, 3.8) is 0 Å². The Labute approximate surface area is 119 Å². The number of anilines is 1. The number of aliphatic hydroxyl groups is 1. The topological polar surface area (TPSA) is 66.6 Å². The minimum Gasteiger partial charge on any atom is -0.395 e. The van der Waals surface area contributed by atoms with Crippen LogP contribution in [-0.2, 0) is 0 Å². The monoisotopic (exact) mass is 278 g/mol. The summed E-state index contributed by atoms with van der Waals surface area (Å²) in [7, 11) is 0. The Hall–Kier alpha value is -1.62. The van der Waals surface area contributed by atoms with Crippen molar-refractivity contribution < 1.29 is 10.0 Å². The number of hydrogen-bond acceptors (Lipinski definition) is 4. The van der Waals surface area contributed by atoms with E-state index in [1.165, 1.54) is 6.42 Å². The molecule has 1 N–H and O–H groups in total. The maximum Gasteiger partial charge on any atom is 0.292 e. The summed E-state index contributed by atoms with van der Waals surface area (Å²) in [6.45, 7) is 2.32. The quantitative estimate of drug-likeness (QED) is 0.664. The van der Waals surface area contributed by atoms with Gasteiger partial charge in [0.25, 0.3) is 5.69 Å². The fourth-order valence-electron chi connectivity index (χ4n) is 3.02. The first-order chi connectivity index (χ1) is 9.63. The van der Waals surface area contributed by atoms with Gasteiger partial charge >= 0.3 is 0 Å². The fraction of sp³-hybridized carbons (Fsp3) is 0.600. The fourth-order valence-corrected chi connectivity index (χ4v) is 3.02. The molecule has 5 heteroatoms. The summed E-state index contributed by atoms with van der Waals surface area (Å²) in [5.41, 5.74) is 1.67. The number of nitrogens with zero attached hydrogens (tertiary/aromatic N) is 2. The molecule has 0 spiro atoms. The van der Waals surface area contributed by atoms with Crippen molar-refractivity contribution in [3.8, 4) is 0 Å². The Kier molecular flexibility index (Phi) is 4.95. The van der Waals surface area contributed by atoms with E-state index >= 15 is 0 Å². The molecule has 0 unspecified atom stereocenters. The van der Waals surface area contributed by atoms with Crippen LogP contribution in [0.5, 0.6) is 0 Å². The van der Waals surface area contributed by atoms with E-state index in [-0.39, 0.29) is 17.2 Å². The molecule has 0 saturated heterocycles. The van der Waals surface area contributed by atoms with Crippen LogP contribution in [-0.4, -0.2) is 29.2 Å². The second kappa shape index (κ2) is 6.70. The Bertz CT molecular complexity index is 470. The van der Waals surface area contributed by atoms with Crippen molar-refractivity contribution in [1.29, 1.82) is 0 Å². The first-order valence-corrected chi connectivity index (χ1v) is 7.26. The molecule has 0 radical (unpaired) electrons. The van der Waals surface area contributed by atoms with Crippen molar-refractivity contribution >= 4 is 11.4 Å². The molecule has 1 fully saturated rings. The number of nitro benzene ring substituents is 1.